The molecule has 0 atom stereocenters. The summed E-state index contributed by atoms with van der Waals surface area (Å²) >= 11 is 1.43. The van der Waals surface area contributed by atoms with Gasteiger partial charge in [-0.05, 0) is 49.6 Å². The van der Waals surface area contributed by atoms with Crippen LogP contribution in [-0.4, -0.2) is 21.9 Å². The van der Waals surface area contributed by atoms with E-state index in [1.165, 1.54) is 22.7 Å². The molecule has 7 heteroatoms. The molecule has 0 saturated heterocycles. The highest BCUT2D eigenvalue weighted by Crippen LogP contribution is 2.30. The Morgan fingerprint density at radius 1 is 1.11 bits per heavy atom. The molecule has 3 aromatic rings. The van der Waals surface area contributed by atoms with Crippen molar-refractivity contribution in [3.63, 3.8) is 0 Å². The Morgan fingerprint density at radius 3 is 2.67 bits per heavy atom. The minimum Gasteiger partial charge on any atom is -0.342 e. The SMILES string of the molecule is Cc1ccc(NC(=O)Nc2cccc3c2CCN(c2nc(C)ns2)C3)cc1. The zero-order valence-electron chi connectivity index (χ0n) is 15.3. The van der Waals surface area contributed by atoms with Crippen molar-refractivity contribution in [1.82, 2.24) is 9.36 Å². The zero-order valence-corrected chi connectivity index (χ0v) is 16.1. The van der Waals surface area contributed by atoms with Gasteiger partial charge in [0.15, 0.2) is 0 Å². The van der Waals surface area contributed by atoms with Crippen molar-refractivity contribution in [2.75, 3.05) is 22.1 Å². The highest BCUT2D eigenvalue weighted by Gasteiger charge is 2.21. The van der Waals surface area contributed by atoms with Crippen LogP contribution in [0.25, 0.3) is 0 Å². The molecule has 138 valence electrons. The Balaban J connectivity index is 1.47. The molecule has 4 rings (SSSR count). The van der Waals surface area contributed by atoms with Crippen molar-refractivity contribution in [3.8, 4) is 0 Å². The first-order chi connectivity index (χ1) is 13.1. The van der Waals surface area contributed by atoms with Crippen LogP contribution in [0.4, 0.5) is 21.3 Å². The predicted molar refractivity (Wildman–Crippen MR) is 110 cm³/mol. The van der Waals surface area contributed by atoms with E-state index in [9.17, 15) is 4.79 Å². The van der Waals surface area contributed by atoms with Crippen LogP contribution in [0.1, 0.15) is 22.5 Å². The van der Waals surface area contributed by atoms with Gasteiger partial charge in [0.25, 0.3) is 0 Å². The van der Waals surface area contributed by atoms with Gasteiger partial charge in [-0.3, -0.25) is 0 Å². The number of carbonyl (C=O) groups excluding carboxylic acids is 1. The number of fused-ring (bicyclic) bond motifs is 1. The van der Waals surface area contributed by atoms with Gasteiger partial charge >= 0.3 is 6.03 Å². The second-order valence-electron chi connectivity index (χ2n) is 6.68. The van der Waals surface area contributed by atoms with Gasteiger partial charge < -0.3 is 15.5 Å². The molecule has 0 fully saturated rings. The molecule has 0 unspecified atom stereocenters. The average Bonchev–Trinajstić information content (AvgIpc) is 3.10. The Hall–Kier alpha value is -2.93. The van der Waals surface area contributed by atoms with Crippen LogP contribution >= 0.6 is 11.5 Å². The fourth-order valence-electron chi connectivity index (χ4n) is 3.23. The smallest absolute Gasteiger partial charge is 0.323 e. The van der Waals surface area contributed by atoms with Crippen molar-refractivity contribution >= 4 is 34.1 Å². The summed E-state index contributed by atoms with van der Waals surface area (Å²) in [4.78, 5) is 19.1. The molecule has 6 nitrogen and oxygen atoms in total. The summed E-state index contributed by atoms with van der Waals surface area (Å²) < 4.78 is 4.27. The van der Waals surface area contributed by atoms with E-state index in [0.29, 0.717) is 0 Å². The van der Waals surface area contributed by atoms with Crippen LogP contribution in [-0.2, 0) is 13.0 Å². The Morgan fingerprint density at radius 2 is 1.93 bits per heavy atom. The number of anilines is 3. The summed E-state index contributed by atoms with van der Waals surface area (Å²) in [5, 5.41) is 6.84. The maximum Gasteiger partial charge on any atom is 0.323 e. The molecular weight excluding hydrogens is 358 g/mol. The maximum atomic E-state index is 12.4. The summed E-state index contributed by atoms with van der Waals surface area (Å²) in [6.45, 7) is 5.57. The van der Waals surface area contributed by atoms with E-state index in [1.54, 1.807) is 0 Å². The molecular formula is C20H21N5OS. The van der Waals surface area contributed by atoms with Gasteiger partial charge in [0.1, 0.15) is 5.82 Å². The van der Waals surface area contributed by atoms with Gasteiger partial charge in [-0.15, -0.1) is 0 Å². The largest absolute Gasteiger partial charge is 0.342 e. The van der Waals surface area contributed by atoms with Gasteiger partial charge in [-0.1, -0.05) is 29.8 Å². The van der Waals surface area contributed by atoms with Gasteiger partial charge in [0.05, 0.1) is 0 Å². The van der Waals surface area contributed by atoms with Crippen LogP contribution in [0.3, 0.4) is 0 Å². The molecule has 0 saturated carbocycles. The zero-order chi connectivity index (χ0) is 18.8. The molecule has 2 N–H and O–H groups in total. The highest BCUT2D eigenvalue weighted by atomic mass is 32.1. The molecule has 0 radical (unpaired) electrons. The number of amides is 2. The van der Waals surface area contributed by atoms with Gasteiger partial charge in [-0.2, -0.15) is 4.37 Å². The van der Waals surface area contributed by atoms with E-state index >= 15 is 0 Å². The third-order valence-corrected chi connectivity index (χ3v) is 5.48. The van der Waals surface area contributed by atoms with E-state index in [0.717, 1.165) is 47.4 Å². The topological polar surface area (TPSA) is 70.2 Å². The molecule has 0 bridgehead atoms. The van der Waals surface area contributed by atoms with E-state index in [2.05, 4.69) is 31.0 Å². The molecule has 0 spiro atoms. The van der Waals surface area contributed by atoms with Crippen LogP contribution in [0.5, 0.6) is 0 Å². The Labute approximate surface area is 162 Å². The lowest BCUT2D eigenvalue weighted by Gasteiger charge is -2.29. The first-order valence-electron chi connectivity index (χ1n) is 8.89. The summed E-state index contributed by atoms with van der Waals surface area (Å²) in [6, 6.07) is 13.6. The molecule has 27 heavy (non-hydrogen) atoms. The van der Waals surface area contributed by atoms with Crippen LogP contribution < -0.4 is 15.5 Å². The summed E-state index contributed by atoms with van der Waals surface area (Å²) in [5.41, 5.74) is 5.20. The number of nitrogens with one attached hydrogen (secondary N) is 2. The third kappa shape index (κ3) is 3.93. The number of aryl methyl sites for hydroxylation is 2. The maximum absolute atomic E-state index is 12.4. The summed E-state index contributed by atoms with van der Waals surface area (Å²) in [5.74, 6) is 0.809. The number of nitrogens with zero attached hydrogens (tertiary/aromatic N) is 3. The van der Waals surface area contributed by atoms with Crippen molar-refractivity contribution in [2.45, 2.75) is 26.8 Å². The first kappa shape index (κ1) is 17.5. The Kier molecular flexibility index (Phi) is 4.77. The Bertz CT molecular complexity index is 967. The molecule has 2 amide bonds. The molecule has 1 aliphatic heterocycles. The number of hydrogen-bond donors (Lipinski definition) is 2. The molecule has 1 aromatic heterocycles. The second-order valence-corrected chi connectivity index (χ2v) is 7.41. The lowest BCUT2D eigenvalue weighted by atomic mass is 9.98. The normalized spacial score (nSPS) is 13.2. The monoisotopic (exact) mass is 379 g/mol. The lowest BCUT2D eigenvalue weighted by Crippen LogP contribution is -2.31. The van der Waals surface area contributed by atoms with E-state index in [4.69, 9.17) is 0 Å². The minimum absolute atomic E-state index is 0.227. The highest BCUT2D eigenvalue weighted by molar-refractivity contribution is 7.09. The van der Waals surface area contributed by atoms with Gasteiger partial charge in [-0.25, -0.2) is 9.78 Å². The second kappa shape index (κ2) is 7.36. The van der Waals surface area contributed by atoms with Crippen molar-refractivity contribution < 1.29 is 4.79 Å². The summed E-state index contributed by atoms with van der Waals surface area (Å²) in [7, 11) is 0. The lowest BCUT2D eigenvalue weighted by molar-refractivity contribution is 0.262. The minimum atomic E-state index is -0.227. The fourth-order valence-corrected chi connectivity index (χ4v) is 3.92. The number of rotatable bonds is 3. The molecule has 2 heterocycles. The predicted octanol–water partition coefficient (Wildman–Crippen LogP) is 4.36. The van der Waals surface area contributed by atoms with Gasteiger partial charge in [0.2, 0.25) is 5.13 Å². The number of carbonyl (C=O) groups is 1. The quantitative estimate of drug-likeness (QED) is 0.709. The van der Waals surface area contributed by atoms with E-state index in [1.807, 2.05) is 50.2 Å². The first-order valence-corrected chi connectivity index (χ1v) is 9.66. The van der Waals surface area contributed by atoms with Crippen LogP contribution in [0.15, 0.2) is 42.5 Å². The molecule has 0 aliphatic carbocycles. The number of urea groups is 1. The standard InChI is InChI=1S/C20H21N5OS/c1-13-6-8-16(9-7-13)22-19(26)23-18-5-3-4-15-12-25(11-10-17(15)18)20-21-14(2)24-27-20/h3-9H,10-12H2,1-2H3,(H2,22,23,26). The fraction of sp³-hybridized carbons (Fsp3) is 0.250. The summed E-state index contributed by atoms with van der Waals surface area (Å²) in [6.07, 6.45) is 0.856. The average molecular weight is 379 g/mol. The third-order valence-electron chi connectivity index (χ3n) is 4.61. The van der Waals surface area contributed by atoms with Gasteiger partial charge in [0, 0.05) is 36.0 Å². The number of aromatic nitrogens is 2. The van der Waals surface area contributed by atoms with E-state index < -0.39 is 0 Å². The molecule has 2 aromatic carbocycles. The van der Waals surface area contributed by atoms with Crippen LogP contribution in [0, 0.1) is 13.8 Å². The molecule has 1 aliphatic rings. The number of benzene rings is 2. The van der Waals surface area contributed by atoms with Crippen molar-refractivity contribution in [1.29, 1.82) is 0 Å². The van der Waals surface area contributed by atoms with Crippen LogP contribution in [0.2, 0.25) is 0 Å². The van der Waals surface area contributed by atoms with E-state index in [-0.39, 0.29) is 6.03 Å². The van der Waals surface area contributed by atoms with Crippen molar-refractivity contribution in [3.05, 3.63) is 65.0 Å². The van der Waals surface area contributed by atoms with Crippen molar-refractivity contribution in [2.24, 2.45) is 0 Å². The number of hydrogen-bond acceptors (Lipinski definition) is 5.